The molecule has 3 heteroatoms. The Labute approximate surface area is 103 Å². The number of hydrogen-bond donors (Lipinski definition) is 0. The van der Waals surface area contributed by atoms with Crippen LogP contribution in [0, 0.1) is 6.92 Å². The van der Waals surface area contributed by atoms with Crippen LogP contribution in [0.2, 0.25) is 5.15 Å². The van der Waals surface area contributed by atoms with Gasteiger partial charge in [-0.15, -0.1) is 0 Å². The summed E-state index contributed by atoms with van der Waals surface area (Å²) in [6.07, 6.45) is 0.996. The molecule has 0 bridgehead atoms. The fraction of sp³-hybridized carbons (Fsp3) is 0.250. The van der Waals surface area contributed by atoms with Gasteiger partial charge in [0.1, 0.15) is 5.15 Å². The topological polar surface area (TPSA) is 12.9 Å². The first-order chi connectivity index (χ1) is 7.15. The van der Waals surface area contributed by atoms with Gasteiger partial charge in [-0.1, -0.05) is 36.7 Å². The number of aryl methyl sites for hydroxylation is 2. The largest absolute Gasteiger partial charge is 0.240 e. The highest BCUT2D eigenvalue weighted by Gasteiger charge is 2.10. The maximum atomic E-state index is 6.13. The third-order valence-corrected chi connectivity index (χ3v) is 3.82. The van der Waals surface area contributed by atoms with Crippen LogP contribution in [0.3, 0.4) is 0 Å². The molecule has 0 aliphatic carbocycles. The third kappa shape index (κ3) is 1.77. The number of pyridine rings is 1. The first-order valence-electron chi connectivity index (χ1n) is 4.88. The first-order valence-corrected chi connectivity index (χ1v) is 6.05. The quantitative estimate of drug-likeness (QED) is 0.702. The van der Waals surface area contributed by atoms with Crippen molar-refractivity contribution >= 4 is 38.3 Å². The fourth-order valence-corrected chi connectivity index (χ4v) is 2.60. The van der Waals surface area contributed by atoms with Crippen molar-refractivity contribution in [2.75, 3.05) is 0 Å². The number of rotatable bonds is 1. The third-order valence-electron chi connectivity index (χ3n) is 2.56. The molecule has 78 valence electrons. The van der Waals surface area contributed by atoms with Crippen LogP contribution in [0.5, 0.6) is 0 Å². The van der Waals surface area contributed by atoms with Crippen molar-refractivity contribution in [3.8, 4) is 0 Å². The molecule has 0 amide bonds. The fourth-order valence-electron chi connectivity index (χ4n) is 1.76. The Morgan fingerprint density at radius 1 is 1.40 bits per heavy atom. The molecule has 0 saturated carbocycles. The highest BCUT2D eigenvalue weighted by Crippen LogP contribution is 2.33. The second-order valence-electron chi connectivity index (χ2n) is 3.50. The molecule has 1 nitrogen and oxygen atoms in total. The van der Waals surface area contributed by atoms with Gasteiger partial charge in [0.05, 0.1) is 5.69 Å². The average molecular weight is 285 g/mol. The van der Waals surface area contributed by atoms with Gasteiger partial charge >= 0.3 is 0 Å². The van der Waals surface area contributed by atoms with Gasteiger partial charge < -0.3 is 0 Å². The predicted molar refractivity (Wildman–Crippen MR) is 68.6 cm³/mol. The van der Waals surface area contributed by atoms with Gasteiger partial charge in [-0.3, -0.25) is 0 Å². The van der Waals surface area contributed by atoms with Gasteiger partial charge in [-0.2, -0.15) is 0 Å². The number of hydrogen-bond acceptors (Lipinski definition) is 1. The normalized spacial score (nSPS) is 10.9. The molecule has 0 unspecified atom stereocenters. The summed E-state index contributed by atoms with van der Waals surface area (Å²) >= 11 is 9.72. The predicted octanol–water partition coefficient (Wildman–Crippen LogP) is 4.52. The van der Waals surface area contributed by atoms with Crippen LogP contribution in [0.1, 0.15) is 18.2 Å². The summed E-state index contributed by atoms with van der Waals surface area (Å²) in [5.41, 5.74) is 2.24. The Morgan fingerprint density at radius 3 is 2.80 bits per heavy atom. The molecule has 0 N–H and O–H groups in total. The van der Waals surface area contributed by atoms with Crippen LogP contribution in [0.15, 0.2) is 22.7 Å². The molecule has 1 aromatic heterocycles. The van der Waals surface area contributed by atoms with Gasteiger partial charge in [-0.25, -0.2) is 4.98 Å². The average Bonchev–Trinajstić information content (AvgIpc) is 2.25. The van der Waals surface area contributed by atoms with Crippen LogP contribution < -0.4 is 0 Å². The number of halogens is 2. The lowest BCUT2D eigenvalue weighted by Crippen LogP contribution is -1.91. The minimum absolute atomic E-state index is 0.584. The number of fused-ring (bicyclic) bond motifs is 1. The van der Waals surface area contributed by atoms with E-state index in [-0.39, 0.29) is 0 Å². The summed E-state index contributed by atoms with van der Waals surface area (Å²) in [5.74, 6) is 0. The Kier molecular flexibility index (Phi) is 2.98. The number of aromatic nitrogens is 1. The van der Waals surface area contributed by atoms with E-state index < -0.39 is 0 Å². The van der Waals surface area contributed by atoms with E-state index in [1.54, 1.807) is 0 Å². The van der Waals surface area contributed by atoms with Gasteiger partial charge in [-0.05, 0) is 34.8 Å². The molecule has 0 saturated heterocycles. The zero-order chi connectivity index (χ0) is 11.0. The highest BCUT2D eigenvalue weighted by molar-refractivity contribution is 9.10. The van der Waals surface area contributed by atoms with E-state index in [1.807, 2.05) is 19.1 Å². The van der Waals surface area contributed by atoms with E-state index in [2.05, 4.69) is 33.9 Å². The minimum atomic E-state index is 0.584. The summed E-state index contributed by atoms with van der Waals surface area (Å²) < 4.78 is 1.05. The molecule has 0 spiro atoms. The standard InChI is InChI=1S/C12H11BrClN/c1-3-8-5-4-6-9-10(8)11(13)7(2)15-12(9)14/h4-6H,3H2,1-2H3. The van der Waals surface area contributed by atoms with Crippen LogP contribution in [-0.2, 0) is 6.42 Å². The van der Waals surface area contributed by atoms with Gasteiger partial charge in [0.2, 0.25) is 0 Å². The van der Waals surface area contributed by atoms with Gasteiger partial charge in [0.15, 0.2) is 0 Å². The van der Waals surface area contributed by atoms with Crippen molar-refractivity contribution in [3.63, 3.8) is 0 Å². The van der Waals surface area contributed by atoms with E-state index in [0.717, 1.165) is 22.0 Å². The minimum Gasteiger partial charge on any atom is -0.240 e. The summed E-state index contributed by atoms with van der Waals surface area (Å²) in [7, 11) is 0. The monoisotopic (exact) mass is 283 g/mol. The van der Waals surface area contributed by atoms with Crippen LogP contribution >= 0.6 is 27.5 Å². The second kappa shape index (κ2) is 4.11. The van der Waals surface area contributed by atoms with E-state index in [4.69, 9.17) is 11.6 Å². The first kappa shape index (κ1) is 10.9. The molecule has 2 aromatic rings. The zero-order valence-corrected chi connectivity index (χ0v) is 11.0. The van der Waals surface area contributed by atoms with Crippen LogP contribution in [-0.4, -0.2) is 4.98 Å². The number of benzene rings is 1. The maximum Gasteiger partial charge on any atom is 0.137 e. The van der Waals surface area contributed by atoms with Crippen molar-refractivity contribution in [2.45, 2.75) is 20.3 Å². The lowest BCUT2D eigenvalue weighted by Gasteiger charge is -2.09. The van der Waals surface area contributed by atoms with E-state index in [9.17, 15) is 0 Å². The second-order valence-corrected chi connectivity index (χ2v) is 4.65. The SMILES string of the molecule is CCc1cccc2c(Cl)nc(C)c(Br)c12. The zero-order valence-electron chi connectivity index (χ0n) is 8.64. The van der Waals surface area contributed by atoms with Crippen molar-refractivity contribution < 1.29 is 0 Å². The summed E-state index contributed by atoms with van der Waals surface area (Å²) in [4.78, 5) is 4.30. The Balaban J connectivity index is 2.96. The molecular formula is C12H11BrClN. The molecule has 0 radical (unpaired) electrons. The van der Waals surface area contributed by atoms with E-state index >= 15 is 0 Å². The smallest absolute Gasteiger partial charge is 0.137 e. The summed E-state index contributed by atoms with van der Waals surface area (Å²) in [6, 6.07) is 6.16. The molecule has 1 heterocycles. The Hall–Kier alpha value is -0.600. The van der Waals surface area contributed by atoms with Crippen molar-refractivity contribution in [3.05, 3.63) is 39.1 Å². The van der Waals surface area contributed by atoms with E-state index in [0.29, 0.717) is 5.15 Å². The number of nitrogens with zero attached hydrogens (tertiary/aromatic N) is 1. The van der Waals surface area contributed by atoms with Gasteiger partial charge in [0, 0.05) is 15.2 Å². The molecule has 15 heavy (non-hydrogen) atoms. The van der Waals surface area contributed by atoms with Crippen LogP contribution in [0.25, 0.3) is 10.8 Å². The molecule has 0 fully saturated rings. The highest BCUT2D eigenvalue weighted by atomic mass is 79.9. The molecule has 1 aromatic carbocycles. The molecule has 0 aliphatic rings. The van der Waals surface area contributed by atoms with Crippen molar-refractivity contribution in [1.29, 1.82) is 0 Å². The molecule has 2 rings (SSSR count). The van der Waals surface area contributed by atoms with Crippen LogP contribution in [0.4, 0.5) is 0 Å². The van der Waals surface area contributed by atoms with E-state index in [1.165, 1.54) is 10.9 Å². The van der Waals surface area contributed by atoms with Gasteiger partial charge in [0.25, 0.3) is 0 Å². The molecule has 0 aliphatic heterocycles. The Morgan fingerprint density at radius 2 is 2.13 bits per heavy atom. The summed E-state index contributed by atoms with van der Waals surface area (Å²) in [5, 5.41) is 2.80. The summed E-state index contributed by atoms with van der Waals surface area (Å²) in [6.45, 7) is 4.10. The lowest BCUT2D eigenvalue weighted by atomic mass is 10.0. The molecular weight excluding hydrogens is 273 g/mol. The van der Waals surface area contributed by atoms with Crippen molar-refractivity contribution in [2.24, 2.45) is 0 Å². The maximum absolute atomic E-state index is 6.13. The lowest BCUT2D eigenvalue weighted by molar-refractivity contribution is 1.14. The molecule has 0 atom stereocenters. The Bertz CT molecular complexity index is 523. The van der Waals surface area contributed by atoms with Crippen molar-refractivity contribution in [1.82, 2.24) is 4.98 Å².